The molecule has 1 aliphatic rings. The van der Waals surface area contributed by atoms with E-state index in [1.807, 2.05) is 4.90 Å². The molecule has 2 amide bonds. The number of carbonyl (C=O) groups is 2. The average molecular weight is 328 g/mol. The predicted octanol–water partition coefficient (Wildman–Crippen LogP) is 2.65. The van der Waals surface area contributed by atoms with Gasteiger partial charge in [0.05, 0.1) is 0 Å². The smallest absolute Gasteiger partial charge is 0.272 e. The van der Waals surface area contributed by atoms with Gasteiger partial charge >= 0.3 is 0 Å². The average Bonchev–Trinajstić information content (AvgIpc) is 2.84. The lowest BCUT2D eigenvalue weighted by molar-refractivity contribution is 0.0755. The lowest BCUT2D eigenvalue weighted by Gasteiger charge is -2.19. The summed E-state index contributed by atoms with van der Waals surface area (Å²) in [5, 5.41) is 6.36. The van der Waals surface area contributed by atoms with E-state index in [1.165, 1.54) is 12.3 Å². The molecule has 0 radical (unpaired) electrons. The number of hydrogen-bond donors (Lipinski definition) is 1. The summed E-state index contributed by atoms with van der Waals surface area (Å²) in [6, 6.07) is 4.72. The summed E-state index contributed by atoms with van der Waals surface area (Å²) in [6.45, 7) is 3.23. The maximum absolute atomic E-state index is 12.6. The van der Waals surface area contributed by atoms with Crippen molar-refractivity contribution in [2.45, 2.75) is 32.6 Å². The maximum Gasteiger partial charge on any atom is 0.272 e. The first-order chi connectivity index (χ1) is 11.6. The molecule has 1 aliphatic heterocycles. The van der Waals surface area contributed by atoms with Crippen LogP contribution in [0.3, 0.4) is 0 Å². The van der Waals surface area contributed by atoms with Crippen molar-refractivity contribution in [3.8, 4) is 0 Å². The monoisotopic (exact) mass is 328 g/mol. The number of rotatable bonds is 3. The molecule has 1 fully saturated rings. The topological polar surface area (TPSA) is 88.3 Å². The van der Waals surface area contributed by atoms with Crippen LogP contribution in [-0.4, -0.2) is 39.9 Å². The van der Waals surface area contributed by atoms with Crippen LogP contribution in [-0.2, 0) is 0 Å². The number of nitrogens with one attached hydrogen (secondary N) is 1. The molecule has 0 unspecified atom stereocenters. The molecule has 7 nitrogen and oxygen atoms in total. The number of carbonyl (C=O) groups excluding carboxylic acids is 2. The minimum Gasteiger partial charge on any atom is -0.360 e. The van der Waals surface area contributed by atoms with Crippen LogP contribution in [0.15, 0.2) is 28.9 Å². The highest BCUT2D eigenvalue weighted by molar-refractivity contribution is 6.05. The van der Waals surface area contributed by atoms with Gasteiger partial charge in [0, 0.05) is 30.9 Å². The molecular formula is C17H20N4O3. The molecule has 0 aliphatic carbocycles. The van der Waals surface area contributed by atoms with Crippen LogP contribution in [0.25, 0.3) is 0 Å². The van der Waals surface area contributed by atoms with Crippen LogP contribution in [0.5, 0.6) is 0 Å². The molecule has 126 valence electrons. The van der Waals surface area contributed by atoms with Gasteiger partial charge in [-0.15, -0.1) is 0 Å². The number of likely N-dealkylation sites (tertiary alicyclic amines) is 1. The molecule has 2 aromatic rings. The second kappa shape index (κ2) is 7.25. The minimum absolute atomic E-state index is 0.121. The Hall–Kier alpha value is -2.70. The van der Waals surface area contributed by atoms with Crippen molar-refractivity contribution >= 4 is 17.6 Å². The van der Waals surface area contributed by atoms with Gasteiger partial charge in [-0.2, -0.15) is 0 Å². The summed E-state index contributed by atoms with van der Waals surface area (Å²) < 4.78 is 4.92. The maximum atomic E-state index is 12.6. The summed E-state index contributed by atoms with van der Waals surface area (Å²) in [4.78, 5) is 30.8. The summed E-state index contributed by atoms with van der Waals surface area (Å²) in [6.07, 6.45) is 5.80. The summed E-state index contributed by atoms with van der Waals surface area (Å²) in [7, 11) is 0. The van der Waals surface area contributed by atoms with Gasteiger partial charge < -0.3 is 14.7 Å². The van der Waals surface area contributed by atoms with Crippen LogP contribution >= 0.6 is 0 Å². The number of anilines is 1. The highest BCUT2D eigenvalue weighted by Crippen LogP contribution is 2.14. The van der Waals surface area contributed by atoms with Crippen molar-refractivity contribution in [2.75, 3.05) is 18.4 Å². The van der Waals surface area contributed by atoms with Gasteiger partial charge in [0.25, 0.3) is 11.8 Å². The Balaban J connectivity index is 1.73. The van der Waals surface area contributed by atoms with Gasteiger partial charge in [-0.25, -0.2) is 0 Å². The summed E-state index contributed by atoms with van der Waals surface area (Å²) in [5.74, 6) is 0.478. The number of aromatic nitrogens is 2. The Morgan fingerprint density at radius 3 is 2.58 bits per heavy atom. The van der Waals surface area contributed by atoms with E-state index in [-0.39, 0.29) is 11.8 Å². The number of hydrogen-bond acceptors (Lipinski definition) is 5. The van der Waals surface area contributed by atoms with Crippen molar-refractivity contribution in [1.29, 1.82) is 0 Å². The molecule has 2 aromatic heterocycles. The van der Waals surface area contributed by atoms with E-state index >= 15 is 0 Å². The van der Waals surface area contributed by atoms with Crippen molar-refractivity contribution in [3.63, 3.8) is 0 Å². The molecule has 1 saturated heterocycles. The van der Waals surface area contributed by atoms with E-state index in [2.05, 4.69) is 15.5 Å². The largest absolute Gasteiger partial charge is 0.360 e. The standard InChI is InChI=1S/C17H20N4O3/c1-12-10-15(20-24-12)19-16(22)13-6-7-18-14(11-13)17(23)21-8-4-2-3-5-9-21/h6-7,10-11H,2-5,8-9H2,1H3,(H,19,20,22). The first-order valence-corrected chi connectivity index (χ1v) is 8.13. The molecule has 0 spiro atoms. The SMILES string of the molecule is Cc1cc(NC(=O)c2ccnc(C(=O)N3CCCCCC3)c2)no1. The van der Waals surface area contributed by atoms with E-state index in [1.54, 1.807) is 19.1 Å². The first kappa shape index (κ1) is 16.2. The molecule has 24 heavy (non-hydrogen) atoms. The zero-order chi connectivity index (χ0) is 16.9. The third-order valence-electron chi connectivity index (χ3n) is 4.00. The van der Waals surface area contributed by atoms with E-state index < -0.39 is 0 Å². The number of pyridine rings is 1. The number of amides is 2. The first-order valence-electron chi connectivity index (χ1n) is 8.13. The fourth-order valence-corrected chi connectivity index (χ4v) is 2.74. The fourth-order valence-electron chi connectivity index (χ4n) is 2.74. The lowest BCUT2D eigenvalue weighted by Crippen LogP contribution is -2.32. The third kappa shape index (κ3) is 3.79. The zero-order valence-corrected chi connectivity index (χ0v) is 13.6. The van der Waals surface area contributed by atoms with Crippen molar-refractivity contribution < 1.29 is 14.1 Å². The zero-order valence-electron chi connectivity index (χ0n) is 13.6. The summed E-state index contributed by atoms with van der Waals surface area (Å²) >= 11 is 0. The van der Waals surface area contributed by atoms with Crippen LogP contribution < -0.4 is 5.32 Å². The molecule has 3 heterocycles. The van der Waals surface area contributed by atoms with Crippen molar-refractivity contribution in [3.05, 3.63) is 41.4 Å². The van der Waals surface area contributed by atoms with Gasteiger partial charge in [0.1, 0.15) is 11.5 Å². The van der Waals surface area contributed by atoms with Gasteiger partial charge in [0.2, 0.25) is 0 Å². The Bertz CT molecular complexity index is 733. The quantitative estimate of drug-likeness (QED) is 0.935. The van der Waals surface area contributed by atoms with E-state index in [9.17, 15) is 9.59 Å². The van der Waals surface area contributed by atoms with Gasteiger partial charge in [-0.1, -0.05) is 18.0 Å². The van der Waals surface area contributed by atoms with Crippen LogP contribution in [0.1, 0.15) is 52.3 Å². The van der Waals surface area contributed by atoms with Crippen molar-refractivity contribution in [2.24, 2.45) is 0 Å². The van der Waals surface area contributed by atoms with E-state index in [0.29, 0.717) is 22.8 Å². The Morgan fingerprint density at radius 1 is 1.17 bits per heavy atom. The molecule has 0 atom stereocenters. The second-order valence-corrected chi connectivity index (χ2v) is 5.91. The molecule has 7 heteroatoms. The van der Waals surface area contributed by atoms with E-state index in [0.717, 1.165) is 38.8 Å². The lowest BCUT2D eigenvalue weighted by atomic mass is 10.2. The third-order valence-corrected chi connectivity index (χ3v) is 4.00. The van der Waals surface area contributed by atoms with Crippen LogP contribution in [0.4, 0.5) is 5.82 Å². The van der Waals surface area contributed by atoms with Gasteiger partial charge in [-0.05, 0) is 31.9 Å². The highest BCUT2D eigenvalue weighted by atomic mass is 16.5. The van der Waals surface area contributed by atoms with Crippen molar-refractivity contribution in [1.82, 2.24) is 15.0 Å². The fraction of sp³-hybridized carbons (Fsp3) is 0.412. The molecule has 0 saturated carbocycles. The van der Waals surface area contributed by atoms with Crippen LogP contribution in [0, 0.1) is 6.92 Å². The Kier molecular flexibility index (Phi) is 4.88. The minimum atomic E-state index is -0.351. The summed E-state index contributed by atoms with van der Waals surface area (Å²) in [5.41, 5.74) is 0.657. The highest BCUT2D eigenvalue weighted by Gasteiger charge is 2.20. The molecular weight excluding hydrogens is 308 g/mol. The molecule has 3 rings (SSSR count). The normalized spacial score (nSPS) is 15.0. The molecule has 1 N–H and O–H groups in total. The Morgan fingerprint density at radius 2 is 1.92 bits per heavy atom. The number of nitrogens with zero attached hydrogens (tertiary/aromatic N) is 3. The molecule has 0 aromatic carbocycles. The number of aryl methyl sites for hydroxylation is 1. The van der Waals surface area contributed by atoms with Gasteiger partial charge in [0.15, 0.2) is 5.82 Å². The van der Waals surface area contributed by atoms with Gasteiger partial charge in [-0.3, -0.25) is 14.6 Å². The molecule has 0 bridgehead atoms. The van der Waals surface area contributed by atoms with E-state index in [4.69, 9.17) is 4.52 Å². The van der Waals surface area contributed by atoms with Crippen LogP contribution in [0.2, 0.25) is 0 Å². The second-order valence-electron chi connectivity index (χ2n) is 5.91. The predicted molar refractivity (Wildman–Crippen MR) is 87.8 cm³/mol. The Labute approximate surface area is 140 Å².